The van der Waals surface area contributed by atoms with Gasteiger partial charge < -0.3 is 9.84 Å². The first-order chi connectivity index (χ1) is 5.65. The molecule has 1 N–H and O–H groups in total. The maximum Gasteiger partial charge on any atom is 0.358 e. The number of methoxy groups -OCH3 is 1. The van der Waals surface area contributed by atoms with Crippen LogP contribution in [-0.4, -0.2) is 23.2 Å². The van der Waals surface area contributed by atoms with E-state index in [2.05, 4.69) is 20.9 Å². The molecule has 0 amide bonds. The van der Waals surface area contributed by atoms with Gasteiger partial charge in [0.2, 0.25) is 0 Å². The van der Waals surface area contributed by atoms with Gasteiger partial charge in [-0.05, 0) is 22.0 Å². The zero-order valence-electron chi connectivity index (χ0n) is 6.24. The highest BCUT2D eigenvalue weighted by molar-refractivity contribution is 9.10. The van der Waals surface area contributed by atoms with Gasteiger partial charge in [0, 0.05) is 10.7 Å². The van der Waals surface area contributed by atoms with Crippen molar-refractivity contribution in [1.29, 1.82) is 0 Å². The quantitative estimate of drug-likeness (QED) is 0.840. The van der Waals surface area contributed by atoms with E-state index in [-0.39, 0.29) is 11.4 Å². The molecule has 0 aliphatic heterocycles. The molecule has 0 saturated carbocycles. The van der Waals surface area contributed by atoms with Gasteiger partial charge in [-0.2, -0.15) is 0 Å². The number of ether oxygens (including phenoxy) is 1. The molecule has 0 unspecified atom stereocenters. The second-order valence-electron chi connectivity index (χ2n) is 2.01. The minimum Gasteiger partial charge on any atom is -0.494 e. The number of hydrogen-bond acceptors (Lipinski definition) is 3. The van der Waals surface area contributed by atoms with Crippen molar-refractivity contribution in [2.45, 2.75) is 0 Å². The highest BCUT2D eigenvalue weighted by atomic mass is 79.9. The molecule has 4 nitrogen and oxygen atoms in total. The maximum absolute atomic E-state index is 10.5. The Labute approximate surface area is 77.3 Å². The summed E-state index contributed by atoms with van der Waals surface area (Å²) in [6.07, 6.45) is 1.41. The molecule has 12 heavy (non-hydrogen) atoms. The van der Waals surface area contributed by atoms with Crippen molar-refractivity contribution in [3.05, 3.63) is 22.4 Å². The van der Waals surface area contributed by atoms with Crippen molar-refractivity contribution >= 4 is 21.9 Å². The molecule has 0 radical (unpaired) electrons. The van der Waals surface area contributed by atoms with E-state index in [1.807, 2.05) is 0 Å². The summed E-state index contributed by atoms with van der Waals surface area (Å²) >= 11 is 3.15. The smallest absolute Gasteiger partial charge is 0.358 e. The molecule has 0 saturated heterocycles. The highest BCUT2D eigenvalue weighted by Crippen LogP contribution is 2.20. The first kappa shape index (κ1) is 8.99. The normalized spacial score (nSPS) is 9.50. The van der Waals surface area contributed by atoms with Crippen molar-refractivity contribution in [3.8, 4) is 5.75 Å². The van der Waals surface area contributed by atoms with E-state index in [0.717, 1.165) is 0 Å². The minimum absolute atomic E-state index is 0.0827. The van der Waals surface area contributed by atoms with Gasteiger partial charge in [-0.1, -0.05) is 0 Å². The molecule has 1 rings (SSSR count). The Hall–Kier alpha value is -1.10. The van der Waals surface area contributed by atoms with Crippen molar-refractivity contribution < 1.29 is 14.6 Å². The van der Waals surface area contributed by atoms with Crippen LogP contribution in [0.4, 0.5) is 0 Å². The van der Waals surface area contributed by atoms with E-state index >= 15 is 0 Å². The minimum atomic E-state index is -1.10. The third kappa shape index (κ3) is 1.73. The molecular weight excluding hydrogens is 226 g/mol. The van der Waals surface area contributed by atoms with Gasteiger partial charge in [0.1, 0.15) is 0 Å². The van der Waals surface area contributed by atoms with E-state index in [9.17, 15) is 4.79 Å². The van der Waals surface area contributed by atoms with Crippen LogP contribution in [0.2, 0.25) is 0 Å². The number of halogens is 1. The lowest BCUT2D eigenvalue weighted by atomic mass is 10.3. The van der Waals surface area contributed by atoms with Crippen LogP contribution in [-0.2, 0) is 0 Å². The van der Waals surface area contributed by atoms with Gasteiger partial charge in [-0.15, -0.1) is 0 Å². The molecular formula is C7H6BrNO3. The van der Waals surface area contributed by atoms with E-state index in [0.29, 0.717) is 4.47 Å². The summed E-state index contributed by atoms with van der Waals surface area (Å²) in [7, 11) is 1.40. The fraction of sp³-hybridized carbons (Fsp3) is 0.143. The van der Waals surface area contributed by atoms with Crippen molar-refractivity contribution in [3.63, 3.8) is 0 Å². The number of aromatic carboxylic acids is 1. The monoisotopic (exact) mass is 231 g/mol. The van der Waals surface area contributed by atoms with Crippen molar-refractivity contribution in [2.75, 3.05) is 7.11 Å². The zero-order chi connectivity index (χ0) is 9.14. The van der Waals surface area contributed by atoms with Crippen LogP contribution in [0.15, 0.2) is 16.7 Å². The summed E-state index contributed by atoms with van der Waals surface area (Å²) < 4.78 is 5.50. The molecule has 0 fully saturated rings. The molecule has 0 aromatic carbocycles. The van der Waals surface area contributed by atoms with E-state index in [1.54, 1.807) is 6.07 Å². The first-order valence-corrected chi connectivity index (χ1v) is 3.87. The van der Waals surface area contributed by atoms with E-state index < -0.39 is 5.97 Å². The van der Waals surface area contributed by atoms with Crippen molar-refractivity contribution in [1.82, 2.24) is 4.98 Å². The van der Waals surface area contributed by atoms with Gasteiger partial charge in [0.05, 0.1) is 7.11 Å². The lowest BCUT2D eigenvalue weighted by Gasteiger charge is -2.02. The number of carbonyl (C=O) groups is 1. The average Bonchev–Trinajstić information content (AvgIpc) is 2.03. The standard InChI is InChI=1S/C7H6BrNO3/c1-12-5-2-4(8)3-9-6(5)7(10)11/h2-3H,1H3,(H,10,11). The van der Waals surface area contributed by atoms with Crippen LogP contribution in [0.3, 0.4) is 0 Å². The third-order valence-corrected chi connectivity index (χ3v) is 1.68. The number of nitrogens with zero attached hydrogens (tertiary/aromatic N) is 1. The fourth-order valence-corrected chi connectivity index (χ4v) is 1.05. The van der Waals surface area contributed by atoms with Crippen molar-refractivity contribution in [2.24, 2.45) is 0 Å². The van der Waals surface area contributed by atoms with Crippen LogP contribution >= 0.6 is 15.9 Å². The molecule has 0 spiro atoms. The Morgan fingerprint density at radius 1 is 1.75 bits per heavy atom. The van der Waals surface area contributed by atoms with Gasteiger partial charge >= 0.3 is 5.97 Å². The highest BCUT2D eigenvalue weighted by Gasteiger charge is 2.11. The van der Waals surface area contributed by atoms with Gasteiger partial charge in [0.25, 0.3) is 0 Å². The second kappa shape index (κ2) is 3.53. The largest absolute Gasteiger partial charge is 0.494 e. The van der Waals surface area contributed by atoms with Gasteiger partial charge in [-0.3, -0.25) is 0 Å². The number of rotatable bonds is 2. The van der Waals surface area contributed by atoms with Crippen LogP contribution in [0.25, 0.3) is 0 Å². The van der Waals surface area contributed by atoms with Crippen LogP contribution < -0.4 is 4.74 Å². The first-order valence-electron chi connectivity index (χ1n) is 3.08. The van der Waals surface area contributed by atoms with E-state index in [1.165, 1.54) is 13.3 Å². The number of hydrogen-bond donors (Lipinski definition) is 1. The Kier molecular flexibility index (Phi) is 2.65. The predicted molar refractivity (Wildman–Crippen MR) is 45.4 cm³/mol. The van der Waals surface area contributed by atoms with E-state index in [4.69, 9.17) is 9.84 Å². The molecule has 5 heteroatoms. The molecule has 0 aliphatic rings. The summed E-state index contributed by atoms with van der Waals surface area (Å²) in [6, 6.07) is 1.55. The van der Waals surface area contributed by atoms with Crippen LogP contribution in [0, 0.1) is 0 Å². The number of carboxylic acid groups (broad SMARTS) is 1. The molecule has 1 heterocycles. The molecule has 1 aromatic rings. The summed E-state index contributed by atoms with van der Waals surface area (Å²) in [5, 5.41) is 8.63. The van der Waals surface area contributed by atoms with Crippen LogP contribution in [0.1, 0.15) is 10.5 Å². The average molecular weight is 232 g/mol. The number of pyridine rings is 1. The lowest BCUT2D eigenvalue weighted by molar-refractivity contribution is 0.0686. The molecule has 0 bridgehead atoms. The number of aromatic nitrogens is 1. The summed E-state index contributed by atoms with van der Waals surface area (Å²) in [5.74, 6) is -0.851. The molecule has 0 atom stereocenters. The predicted octanol–water partition coefficient (Wildman–Crippen LogP) is 1.55. The molecule has 64 valence electrons. The second-order valence-corrected chi connectivity index (χ2v) is 2.93. The zero-order valence-corrected chi connectivity index (χ0v) is 7.83. The third-order valence-electron chi connectivity index (χ3n) is 1.24. The summed E-state index contributed by atoms with van der Waals surface area (Å²) in [6.45, 7) is 0. The summed E-state index contributed by atoms with van der Waals surface area (Å²) in [4.78, 5) is 14.2. The lowest BCUT2D eigenvalue weighted by Crippen LogP contribution is -2.03. The molecule has 0 aliphatic carbocycles. The summed E-state index contributed by atoms with van der Waals surface area (Å²) in [5.41, 5.74) is -0.0827. The number of carboxylic acids is 1. The molecule has 1 aromatic heterocycles. The Bertz CT molecular complexity index is 314. The maximum atomic E-state index is 10.5. The Morgan fingerprint density at radius 3 is 2.92 bits per heavy atom. The topological polar surface area (TPSA) is 59.4 Å². The Morgan fingerprint density at radius 2 is 2.42 bits per heavy atom. The fourth-order valence-electron chi connectivity index (χ4n) is 0.737. The van der Waals surface area contributed by atoms with Crippen LogP contribution in [0.5, 0.6) is 5.75 Å². The van der Waals surface area contributed by atoms with Gasteiger partial charge in [0.15, 0.2) is 11.4 Å². The van der Waals surface area contributed by atoms with Gasteiger partial charge in [-0.25, -0.2) is 9.78 Å². The SMILES string of the molecule is COc1cc(Br)cnc1C(=O)O. The Balaban J connectivity index is 3.20.